The second kappa shape index (κ2) is 10.2. The lowest BCUT2D eigenvalue weighted by atomic mass is 9.96. The van der Waals surface area contributed by atoms with Crippen molar-refractivity contribution in [3.63, 3.8) is 0 Å². The van der Waals surface area contributed by atoms with Crippen LogP contribution < -0.4 is 5.56 Å². The van der Waals surface area contributed by atoms with Crippen molar-refractivity contribution in [3.05, 3.63) is 76.7 Å². The van der Waals surface area contributed by atoms with Gasteiger partial charge in [0, 0.05) is 24.4 Å². The van der Waals surface area contributed by atoms with E-state index in [1.165, 1.54) is 6.08 Å². The van der Waals surface area contributed by atoms with Gasteiger partial charge in [0.1, 0.15) is 0 Å². The van der Waals surface area contributed by atoms with Crippen LogP contribution in [0.3, 0.4) is 0 Å². The average Bonchev–Trinajstić information content (AvgIpc) is 2.75. The summed E-state index contributed by atoms with van der Waals surface area (Å²) in [5.74, 6) is -0.505. The first kappa shape index (κ1) is 22.5. The van der Waals surface area contributed by atoms with E-state index in [4.69, 9.17) is 4.74 Å². The molecule has 0 fully saturated rings. The van der Waals surface area contributed by atoms with E-state index in [1.54, 1.807) is 30.7 Å². The van der Waals surface area contributed by atoms with Gasteiger partial charge in [-0.1, -0.05) is 54.6 Å². The maximum atomic E-state index is 12.9. The van der Waals surface area contributed by atoms with E-state index < -0.39 is 18.2 Å². The molecule has 0 aliphatic heterocycles. The highest BCUT2D eigenvalue weighted by atomic mass is 16.5. The minimum absolute atomic E-state index is 0.0164. The molecule has 0 aliphatic carbocycles. The van der Waals surface area contributed by atoms with Crippen molar-refractivity contribution < 1.29 is 19.7 Å². The molecule has 0 saturated carbocycles. The lowest BCUT2D eigenvalue weighted by Crippen LogP contribution is -2.22. The van der Waals surface area contributed by atoms with Crippen LogP contribution in [-0.4, -0.2) is 39.6 Å². The normalized spacial score (nSPS) is 13.4. The zero-order valence-electron chi connectivity index (χ0n) is 17.7. The fraction of sp³-hybridized carbons (Fsp3) is 0.280. The quantitative estimate of drug-likeness (QED) is 0.545. The number of aromatic nitrogens is 1. The molecule has 1 aromatic heterocycles. The lowest BCUT2D eigenvalue weighted by molar-refractivity contribution is -0.145. The van der Waals surface area contributed by atoms with E-state index in [0.29, 0.717) is 11.1 Å². The van der Waals surface area contributed by atoms with Crippen molar-refractivity contribution in [1.82, 2.24) is 4.57 Å². The molecule has 2 unspecified atom stereocenters. The van der Waals surface area contributed by atoms with Crippen molar-refractivity contribution in [2.45, 2.75) is 32.0 Å². The van der Waals surface area contributed by atoms with Crippen LogP contribution in [0.25, 0.3) is 28.0 Å². The molecule has 0 bridgehead atoms. The monoisotopic (exact) mass is 421 g/mol. The number of ether oxygens (including phenoxy) is 1. The van der Waals surface area contributed by atoms with Crippen LogP contribution in [0.15, 0.2) is 65.5 Å². The number of fused-ring (bicyclic) bond motifs is 1. The fourth-order valence-corrected chi connectivity index (χ4v) is 3.64. The first-order chi connectivity index (χ1) is 14.9. The smallest absolute Gasteiger partial charge is 0.308 e. The van der Waals surface area contributed by atoms with E-state index >= 15 is 0 Å². The minimum atomic E-state index is -1.02. The number of benzene rings is 2. The second-order valence-electron chi connectivity index (χ2n) is 7.36. The van der Waals surface area contributed by atoms with E-state index in [1.807, 2.05) is 48.5 Å². The van der Waals surface area contributed by atoms with Gasteiger partial charge in [0.2, 0.25) is 0 Å². The summed E-state index contributed by atoms with van der Waals surface area (Å²) in [5.41, 5.74) is 2.35. The zero-order valence-corrected chi connectivity index (χ0v) is 17.7. The van der Waals surface area contributed by atoms with Crippen LogP contribution in [0.1, 0.15) is 25.5 Å². The molecule has 31 heavy (non-hydrogen) atoms. The fourth-order valence-electron chi connectivity index (χ4n) is 3.64. The highest BCUT2D eigenvalue weighted by molar-refractivity contribution is 5.99. The Morgan fingerprint density at radius 1 is 1.06 bits per heavy atom. The largest absolute Gasteiger partial charge is 0.466 e. The number of aliphatic hydroxyl groups excluding tert-OH is 2. The predicted octanol–water partition coefficient (Wildman–Crippen LogP) is 3.28. The van der Waals surface area contributed by atoms with Gasteiger partial charge in [-0.25, -0.2) is 0 Å². The Morgan fingerprint density at radius 3 is 2.39 bits per heavy atom. The summed E-state index contributed by atoms with van der Waals surface area (Å²) in [4.78, 5) is 24.4. The predicted molar refractivity (Wildman–Crippen MR) is 122 cm³/mol. The molecule has 3 aromatic rings. The van der Waals surface area contributed by atoms with Gasteiger partial charge in [-0.15, -0.1) is 0 Å². The summed E-state index contributed by atoms with van der Waals surface area (Å²) in [6, 6.07) is 17.2. The van der Waals surface area contributed by atoms with E-state index in [-0.39, 0.29) is 25.0 Å². The van der Waals surface area contributed by atoms with E-state index in [0.717, 1.165) is 16.5 Å². The summed E-state index contributed by atoms with van der Waals surface area (Å²) < 4.78 is 6.38. The number of nitrogens with zero attached hydrogens (tertiary/aromatic N) is 1. The molecule has 2 atom stereocenters. The van der Waals surface area contributed by atoms with Crippen LogP contribution in [0, 0.1) is 0 Å². The molecule has 0 saturated heterocycles. The summed E-state index contributed by atoms with van der Waals surface area (Å²) in [5, 5.41) is 21.9. The topological polar surface area (TPSA) is 88.8 Å². The first-order valence-corrected chi connectivity index (χ1v) is 10.3. The molecule has 6 heteroatoms. The molecule has 162 valence electrons. The maximum Gasteiger partial charge on any atom is 0.308 e. The number of carbonyl (C=O) groups excluding carboxylic acids is 1. The Balaban J connectivity index is 1.97. The Kier molecular flexibility index (Phi) is 7.39. The SMILES string of the molecule is CCOC(=O)CC(O)CC(O)C=Cc1c(-c2ccccc2)c2ccccc2c(=O)n1C. The summed E-state index contributed by atoms with van der Waals surface area (Å²) >= 11 is 0. The summed E-state index contributed by atoms with van der Waals surface area (Å²) in [7, 11) is 1.70. The molecule has 0 spiro atoms. The highest BCUT2D eigenvalue weighted by Crippen LogP contribution is 2.31. The van der Waals surface area contributed by atoms with E-state index in [2.05, 4.69) is 0 Å². The maximum absolute atomic E-state index is 12.9. The number of rotatable bonds is 8. The summed E-state index contributed by atoms with van der Waals surface area (Å²) in [6.45, 7) is 1.94. The van der Waals surface area contributed by atoms with Gasteiger partial charge < -0.3 is 19.5 Å². The number of aliphatic hydroxyl groups is 2. The Hall–Kier alpha value is -3.22. The van der Waals surface area contributed by atoms with Gasteiger partial charge in [-0.05, 0) is 30.0 Å². The van der Waals surface area contributed by atoms with Crippen molar-refractivity contribution in [3.8, 4) is 11.1 Å². The van der Waals surface area contributed by atoms with Crippen molar-refractivity contribution in [2.24, 2.45) is 7.05 Å². The van der Waals surface area contributed by atoms with Gasteiger partial charge in [0.25, 0.3) is 5.56 Å². The summed E-state index contributed by atoms with van der Waals surface area (Å²) in [6.07, 6.45) is 1.02. The molecular weight excluding hydrogens is 394 g/mol. The lowest BCUT2D eigenvalue weighted by Gasteiger charge is -2.16. The molecule has 3 rings (SSSR count). The number of esters is 1. The molecule has 0 radical (unpaired) electrons. The average molecular weight is 421 g/mol. The standard InChI is InChI=1S/C25H27NO5/c1-3-31-23(29)16-19(28)15-18(27)13-14-22-24(17-9-5-4-6-10-17)20-11-7-8-12-21(20)25(30)26(22)2/h4-14,18-19,27-28H,3,15-16H2,1-2H3. The van der Waals surface area contributed by atoms with Crippen LogP contribution in [0.5, 0.6) is 0 Å². The van der Waals surface area contributed by atoms with Crippen molar-refractivity contribution in [2.75, 3.05) is 6.61 Å². The van der Waals surface area contributed by atoms with E-state index in [9.17, 15) is 19.8 Å². The van der Waals surface area contributed by atoms with Crippen LogP contribution in [0.4, 0.5) is 0 Å². The number of carbonyl (C=O) groups is 1. The third-order valence-corrected chi connectivity index (χ3v) is 5.11. The molecule has 6 nitrogen and oxygen atoms in total. The van der Waals surface area contributed by atoms with Crippen LogP contribution >= 0.6 is 0 Å². The zero-order chi connectivity index (χ0) is 22.4. The van der Waals surface area contributed by atoms with Crippen molar-refractivity contribution >= 4 is 22.8 Å². The van der Waals surface area contributed by atoms with Crippen molar-refractivity contribution in [1.29, 1.82) is 0 Å². The van der Waals surface area contributed by atoms with Gasteiger partial charge in [-0.3, -0.25) is 9.59 Å². The molecule has 2 N–H and O–H groups in total. The Labute approximate surface area is 181 Å². The number of hydrogen-bond acceptors (Lipinski definition) is 5. The molecule has 2 aromatic carbocycles. The Bertz CT molecular complexity index is 1130. The molecule has 0 aliphatic rings. The molecular formula is C25H27NO5. The molecule has 1 heterocycles. The van der Waals surface area contributed by atoms with Crippen LogP contribution in [-0.2, 0) is 16.6 Å². The highest BCUT2D eigenvalue weighted by Gasteiger charge is 2.17. The number of pyridine rings is 1. The Morgan fingerprint density at radius 2 is 1.71 bits per heavy atom. The first-order valence-electron chi connectivity index (χ1n) is 10.3. The molecule has 0 amide bonds. The van der Waals surface area contributed by atoms with Crippen LogP contribution in [0.2, 0.25) is 0 Å². The minimum Gasteiger partial charge on any atom is -0.466 e. The van der Waals surface area contributed by atoms with Gasteiger partial charge >= 0.3 is 5.97 Å². The van der Waals surface area contributed by atoms with Gasteiger partial charge in [0.05, 0.1) is 30.9 Å². The van der Waals surface area contributed by atoms with Gasteiger partial charge in [-0.2, -0.15) is 0 Å². The third-order valence-electron chi connectivity index (χ3n) is 5.11. The van der Waals surface area contributed by atoms with Gasteiger partial charge in [0.15, 0.2) is 0 Å². The number of hydrogen-bond donors (Lipinski definition) is 2. The third kappa shape index (κ3) is 5.29. The second-order valence-corrected chi connectivity index (χ2v) is 7.36.